The maximum absolute atomic E-state index is 13.8. The SMILES string of the molecule is OC[C@H]1O[C@]2(OCC[C@H]2N=CC2(O)CC=Cc3ccccc32)[C@H](O)[C@@H](n2cc(-c3cc(F)c(F)c(F)c3)nn2)[C@H]1O. The number of aromatic nitrogens is 3. The van der Waals surface area contributed by atoms with E-state index in [0.717, 1.165) is 22.4 Å². The van der Waals surface area contributed by atoms with E-state index in [4.69, 9.17) is 9.47 Å². The Bertz CT molecular complexity index is 1490. The Balaban J connectivity index is 1.33. The summed E-state index contributed by atoms with van der Waals surface area (Å²) in [6, 6.07) is 6.68. The van der Waals surface area contributed by atoms with Gasteiger partial charge in [-0.1, -0.05) is 41.6 Å². The molecule has 0 bridgehead atoms. The van der Waals surface area contributed by atoms with E-state index in [-0.39, 0.29) is 24.3 Å². The standard InChI is InChI=1S/C28H27F3N4O6/c29-18-10-16(11-19(30)23(18)31)20-12-35(34-33-20)24-25(37)21(13-36)41-28(26(24)38)22(7-9-40-28)32-14-27(39)8-3-5-15-4-1-2-6-17(15)27/h1-6,10-12,14,21-22,24-26,36-39H,7-9,13H2/t21-,22-,24+,25+,26-,27?,28+/m1/s1. The van der Waals surface area contributed by atoms with Gasteiger partial charge in [-0.05, 0) is 29.7 Å². The zero-order valence-electron chi connectivity index (χ0n) is 21.5. The molecule has 0 saturated carbocycles. The fourth-order valence-electron chi connectivity index (χ4n) is 5.77. The molecule has 2 fully saturated rings. The summed E-state index contributed by atoms with van der Waals surface area (Å²) < 4.78 is 54.1. The van der Waals surface area contributed by atoms with Crippen molar-refractivity contribution >= 4 is 12.3 Å². The summed E-state index contributed by atoms with van der Waals surface area (Å²) in [5.74, 6) is -6.31. The normalized spacial score (nSPS) is 33.1. The van der Waals surface area contributed by atoms with Gasteiger partial charge >= 0.3 is 0 Å². The van der Waals surface area contributed by atoms with E-state index in [1.165, 1.54) is 12.4 Å². The molecule has 0 amide bonds. The molecule has 0 radical (unpaired) electrons. The molecule has 1 unspecified atom stereocenters. The molecular formula is C28H27F3N4O6. The third kappa shape index (κ3) is 4.58. The van der Waals surface area contributed by atoms with Crippen LogP contribution >= 0.6 is 0 Å². The monoisotopic (exact) mass is 572 g/mol. The first-order valence-corrected chi connectivity index (χ1v) is 13.0. The van der Waals surface area contributed by atoms with Crippen molar-refractivity contribution in [2.45, 2.75) is 54.6 Å². The van der Waals surface area contributed by atoms with Crippen LogP contribution in [0.2, 0.25) is 0 Å². The van der Waals surface area contributed by atoms with Gasteiger partial charge in [0.15, 0.2) is 17.5 Å². The third-order valence-electron chi connectivity index (χ3n) is 7.88. The lowest BCUT2D eigenvalue weighted by Gasteiger charge is -2.48. The highest BCUT2D eigenvalue weighted by atomic mass is 19.2. The molecule has 2 aromatic carbocycles. The molecule has 216 valence electrons. The van der Waals surface area contributed by atoms with Gasteiger partial charge in [-0.15, -0.1) is 5.10 Å². The van der Waals surface area contributed by atoms with Crippen molar-refractivity contribution in [2.75, 3.05) is 13.2 Å². The average Bonchev–Trinajstić information content (AvgIpc) is 3.61. The summed E-state index contributed by atoms with van der Waals surface area (Å²) in [5, 5.41) is 51.9. The van der Waals surface area contributed by atoms with Crippen molar-refractivity contribution in [3.05, 3.63) is 77.2 Å². The third-order valence-corrected chi connectivity index (χ3v) is 7.88. The lowest BCUT2D eigenvalue weighted by molar-refractivity contribution is -0.342. The van der Waals surface area contributed by atoms with Crippen LogP contribution in [0.1, 0.15) is 30.0 Å². The van der Waals surface area contributed by atoms with E-state index in [9.17, 15) is 33.6 Å². The number of fused-ring (bicyclic) bond motifs is 1. The number of hydrogen-bond acceptors (Lipinski definition) is 9. The van der Waals surface area contributed by atoms with Gasteiger partial charge in [-0.25, -0.2) is 17.9 Å². The van der Waals surface area contributed by atoms with E-state index in [1.807, 2.05) is 30.4 Å². The molecule has 10 nitrogen and oxygen atoms in total. The predicted octanol–water partition coefficient (Wildman–Crippen LogP) is 1.88. The molecule has 41 heavy (non-hydrogen) atoms. The molecule has 1 aliphatic carbocycles. The topological polar surface area (TPSA) is 142 Å². The second-order valence-electron chi connectivity index (χ2n) is 10.4. The summed E-state index contributed by atoms with van der Waals surface area (Å²) in [5.41, 5.74) is -0.104. The van der Waals surface area contributed by atoms with Crippen LogP contribution in [0.15, 0.2) is 53.7 Å². The van der Waals surface area contributed by atoms with Gasteiger partial charge in [0.25, 0.3) is 0 Å². The highest BCUT2D eigenvalue weighted by Crippen LogP contribution is 2.45. The predicted molar refractivity (Wildman–Crippen MR) is 138 cm³/mol. The van der Waals surface area contributed by atoms with Crippen molar-refractivity contribution in [1.29, 1.82) is 0 Å². The molecule has 13 heteroatoms. The van der Waals surface area contributed by atoms with Gasteiger partial charge in [0.2, 0.25) is 5.79 Å². The second kappa shape index (κ2) is 10.4. The van der Waals surface area contributed by atoms with Gasteiger partial charge in [0.1, 0.15) is 41.7 Å². The minimum Gasteiger partial charge on any atom is -0.394 e. The number of hydrogen-bond donors (Lipinski definition) is 4. The van der Waals surface area contributed by atoms with E-state index in [2.05, 4.69) is 15.3 Å². The van der Waals surface area contributed by atoms with Crippen LogP contribution in [0.5, 0.6) is 0 Å². The summed E-state index contributed by atoms with van der Waals surface area (Å²) in [6.07, 6.45) is 2.54. The van der Waals surface area contributed by atoms with E-state index in [1.54, 1.807) is 6.07 Å². The Morgan fingerprint density at radius 3 is 2.66 bits per heavy atom. The number of benzene rings is 2. The van der Waals surface area contributed by atoms with Gasteiger partial charge < -0.3 is 29.9 Å². The maximum atomic E-state index is 13.8. The first kappa shape index (κ1) is 27.7. The smallest absolute Gasteiger partial charge is 0.220 e. The van der Waals surface area contributed by atoms with Gasteiger partial charge in [-0.2, -0.15) is 0 Å². The molecule has 2 saturated heterocycles. The Kier molecular flexibility index (Phi) is 7.04. The molecule has 6 rings (SSSR count). The number of nitrogens with zero attached hydrogens (tertiary/aromatic N) is 4. The van der Waals surface area contributed by atoms with Gasteiger partial charge in [0, 0.05) is 18.2 Å². The minimum absolute atomic E-state index is 0.0588. The van der Waals surface area contributed by atoms with Crippen molar-refractivity contribution in [3.8, 4) is 11.3 Å². The van der Waals surface area contributed by atoms with E-state index < -0.39 is 65.8 Å². The van der Waals surface area contributed by atoms with E-state index in [0.29, 0.717) is 12.0 Å². The van der Waals surface area contributed by atoms with Crippen molar-refractivity contribution in [2.24, 2.45) is 4.99 Å². The summed E-state index contributed by atoms with van der Waals surface area (Å²) in [6.45, 7) is -0.532. The Morgan fingerprint density at radius 2 is 1.90 bits per heavy atom. The van der Waals surface area contributed by atoms with E-state index >= 15 is 0 Å². The fraction of sp³-hybridized carbons (Fsp3) is 0.393. The van der Waals surface area contributed by atoms with Crippen molar-refractivity contribution < 1.29 is 43.1 Å². The zero-order valence-corrected chi connectivity index (χ0v) is 21.5. The van der Waals surface area contributed by atoms with Gasteiger partial charge in [-0.3, -0.25) is 4.99 Å². The number of aliphatic hydroxyl groups is 4. The highest BCUT2D eigenvalue weighted by molar-refractivity contribution is 5.77. The number of halogens is 3. The van der Waals surface area contributed by atoms with Crippen LogP contribution in [-0.4, -0.2) is 85.0 Å². The minimum atomic E-state index is -1.84. The van der Waals surface area contributed by atoms with Crippen LogP contribution in [0, 0.1) is 17.5 Å². The Morgan fingerprint density at radius 1 is 1.15 bits per heavy atom. The largest absolute Gasteiger partial charge is 0.394 e. The lowest BCUT2D eigenvalue weighted by Crippen LogP contribution is -2.66. The van der Waals surface area contributed by atoms with Crippen LogP contribution in [0.4, 0.5) is 13.2 Å². The molecule has 1 aromatic heterocycles. The number of ether oxygens (including phenoxy) is 2. The molecule has 2 aliphatic heterocycles. The van der Waals surface area contributed by atoms with Gasteiger partial charge in [0.05, 0.1) is 19.4 Å². The molecular weight excluding hydrogens is 545 g/mol. The highest BCUT2D eigenvalue weighted by Gasteiger charge is 2.62. The van der Waals surface area contributed by atoms with Crippen LogP contribution in [-0.2, 0) is 15.1 Å². The van der Waals surface area contributed by atoms with Crippen LogP contribution in [0.25, 0.3) is 17.3 Å². The fourth-order valence-corrected chi connectivity index (χ4v) is 5.77. The zero-order chi connectivity index (χ0) is 28.9. The summed E-state index contributed by atoms with van der Waals surface area (Å²) in [4.78, 5) is 4.60. The second-order valence-corrected chi connectivity index (χ2v) is 10.4. The summed E-state index contributed by atoms with van der Waals surface area (Å²) in [7, 11) is 0. The number of aliphatic imine (C=N–C) groups is 1. The Labute approximate surface area is 232 Å². The van der Waals surface area contributed by atoms with Crippen molar-refractivity contribution in [3.63, 3.8) is 0 Å². The quantitative estimate of drug-likeness (QED) is 0.268. The van der Waals surface area contributed by atoms with Crippen LogP contribution < -0.4 is 0 Å². The number of aliphatic hydroxyl groups excluding tert-OH is 3. The number of rotatable bonds is 5. The average molecular weight is 573 g/mol. The molecule has 4 N–H and O–H groups in total. The lowest BCUT2D eigenvalue weighted by atomic mass is 9.83. The Hall–Kier alpha value is -3.46. The summed E-state index contributed by atoms with van der Waals surface area (Å²) >= 11 is 0. The van der Waals surface area contributed by atoms with Crippen molar-refractivity contribution in [1.82, 2.24) is 15.0 Å². The maximum Gasteiger partial charge on any atom is 0.220 e. The molecule has 3 aliphatic rings. The molecule has 7 atom stereocenters. The molecule has 3 aromatic rings. The first-order chi connectivity index (χ1) is 19.7. The molecule has 1 spiro atoms. The van der Waals surface area contributed by atoms with Crippen LogP contribution in [0.3, 0.4) is 0 Å². The first-order valence-electron chi connectivity index (χ1n) is 13.0. The molecule has 3 heterocycles.